The number of imide groups is 1. The molecule has 0 bridgehead atoms. The molecule has 1 unspecified atom stereocenters. The minimum atomic E-state index is -1.50. The molecule has 0 aliphatic carbocycles. The van der Waals surface area contributed by atoms with Gasteiger partial charge in [-0.2, -0.15) is 0 Å². The summed E-state index contributed by atoms with van der Waals surface area (Å²) in [6.07, 6.45) is 0.701. The van der Waals surface area contributed by atoms with Crippen molar-refractivity contribution in [2.45, 2.75) is 25.3 Å². The first-order chi connectivity index (χ1) is 9.97. The monoisotopic (exact) mass is 289 g/mol. The van der Waals surface area contributed by atoms with E-state index in [2.05, 4.69) is 0 Å². The largest absolute Gasteiger partial charge is 0.467 e. The van der Waals surface area contributed by atoms with E-state index in [1.54, 1.807) is 12.1 Å². The summed E-state index contributed by atoms with van der Waals surface area (Å²) >= 11 is 0. The number of amides is 2. The summed E-state index contributed by atoms with van der Waals surface area (Å²) in [6, 6.07) is 6.36. The van der Waals surface area contributed by atoms with Crippen LogP contribution in [0.4, 0.5) is 0 Å². The lowest BCUT2D eigenvalue weighted by Gasteiger charge is -2.34. The second kappa shape index (κ2) is 5.47. The van der Waals surface area contributed by atoms with E-state index < -0.39 is 23.3 Å². The lowest BCUT2D eigenvalue weighted by Crippen LogP contribution is -2.55. The van der Waals surface area contributed by atoms with Crippen LogP contribution in [0.2, 0.25) is 0 Å². The van der Waals surface area contributed by atoms with Crippen LogP contribution in [-0.4, -0.2) is 41.6 Å². The highest BCUT2D eigenvalue weighted by atomic mass is 16.5. The van der Waals surface area contributed by atoms with Crippen molar-refractivity contribution in [1.29, 1.82) is 0 Å². The number of hydrogen-bond acceptors (Lipinski definition) is 5. The van der Waals surface area contributed by atoms with E-state index in [4.69, 9.17) is 4.74 Å². The van der Waals surface area contributed by atoms with Crippen LogP contribution in [0.3, 0.4) is 0 Å². The van der Waals surface area contributed by atoms with E-state index in [1.807, 2.05) is 0 Å². The van der Waals surface area contributed by atoms with Gasteiger partial charge in [0.1, 0.15) is 11.8 Å². The highest BCUT2D eigenvalue weighted by molar-refractivity contribution is 6.23. The average Bonchev–Trinajstić information content (AvgIpc) is 2.76. The second-order valence-corrected chi connectivity index (χ2v) is 4.96. The molecular weight excluding hydrogens is 274 g/mol. The van der Waals surface area contributed by atoms with E-state index in [-0.39, 0.29) is 24.0 Å². The normalized spacial score (nSPS) is 16.4. The zero-order chi connectivity index (χ0) is 15.6. The predicted octanol–water partition coefficient (Wildman–Crippen LogP) is 1.19. The van der Waals surface area contributed by atoms with Crippen molar-refractivity contribution in [2.75, 3.05) is 7.11 Å². The Kier molecular flexibility index (Phi) is 3.88. The third-order valence-corrected chi connectivity index (χ3v) is 3.66. The first kappa shape index (κ1) is 14.9. The number of rotatable bonds is 5. The van der Waals surface area contributed by atoms with Gasteiger partial charge in [0.2, 0.25) is 0 Å². The fourth-order valence-electron chi connectivity index (χ4n) is 2.50. The van der Waals surface area contributed by atoms with Gasteiger partial charge in [-0.25, -0.2) is 4.79 Å². The Labute approximate surface area is 121 Å². The molecular formula is C15H15NO5. The molecule has 1 aliphatic rings. The van der Waals surface area contributed by atoms with Crippen LogP contribution < -0.4 is 0 Å². The third-order valence-electron chi connectivity index (χ3n) is 3.66. The first-order valence-electron chi connectivity index (χ1n) is 6.47. The molecule has 0 spiro atoms. The van der Waals surface area contributed by atoms with Crippen LogP contribution >= 0.6 is 0 Å². The summed E-state index contributed by atoms with van der Waals surface area (Å²) < 4.78 is 4.72. The van der Waals surface area contributed by atoms with Crippen molar-refractivity contribution in [2.24, 2.45) is 0 Å². The molecule has 1 aromatic rings. The van der Waals surface area contributed by atoms with Gasteiger partial charge in [0.25, 0.3) is 11.8 Å². The van der Waals surface area contributed by atoms with Crippen LogP contribution in [0.1, 0.15) is 40.5 Å². The smallest absolute Gasteiger partial charge is 0.332 e. The number of methoxy groups -OCH3 is 1. The molecule has 1 aliphatic heterocycles. The zero-order valence-electron chi connectivity index (χ0n) is 11.8. The Morgan fingerprint density at radius 2 is 1.76 bits per heavy atom. The van der Waals surface area contributed by atoms with Crippen molar-refractivity contribution in [3.8, 4) is 0 Å². The molecule has 0 fully saturated rings. The molecule has 0 saturated heterocycles. The van der Waals surface area contributed by atoms with E-state index in [0.29, 0.717) is 6.29 Å². The number of esters is 1. The molecule has 1 aromatic carbocycles. The van der Waals surface area contributed by atoms with Crippen LogP contribution in [0.5, 0.6) is 0 Å². The molecule has 0 saturated carbocycles. The van der Waals surface area contributed by atoms with Crippen molar-refractivity contribution >= 4 is 24.1 Å². The van der Waals surface area contributed by atoms with Crippen LogP contribution in [0.25, 0.3) is 0 Å². The van der Waals surface area contributed by atoms with Gasteiger partial charge < -0.3 is 9.53 Å². The molecule has 2 rings (SSSR count). The van der Waals surface area contributed by atoms with Crippen molar-refractivity contribution in [3.05, 3.63) is 35.4 Å². The molecule has 0 N–H and O–H groups in total. The van der Waals surface area contributed by atoms with Crippen molar-refractivity contribution in [1.82, 2.24) is 4.90 Å². The lowest BCUT2D eigenvalue weighted by molar-refractivity contribution is -0.151. The fourth-order valence-corrected chi connectivity index (χ4v) is 2.50. The number of aldehydes is 1. The van der Waals surface area contributed by atoms with Gasteiger partial charge in [0, 0.05) is 6.42 Å². The molecule has 6 nitrogen and oxygen atoms in total. The zero-order valence-corrected chi connectivity index (χ0v) is 11.8. The van der Waals surface area contributed by atoms with Crippen LogP contribution in [0, 0.1) is 0 Å². The van der Waals surface area contributed by atoms with Gasteiger partial charge in [-0.3, -0.25) is 14.5 Å². The number of nitrogens with zero attached hydrogens (tertiary/aromatic N) is 1. The summed E-state index contributed by atoms with van der Waals surface area (Å²) in [5.74, 6) is -1.82. The van der Waals surface area contributed by atoms with E-state index in [1.165, 1.54) is 26.2 Å². The Morgan fingerprint density at radius 1 is 1.24 bits per heavy atom. The van der Waals surface area contributed by atoms with Gasteiger partial charge >= 0.3 is 5.97 Å². The average molecular weight is 289 g/mol. The predicted molar refractivity (Wildman–Crippen MR) is 72.7 cm³/mol. The van der Waals surface area contributed by atoms with Crippen molar-refractivity contribution in [3.63, 3.8) is 0 Å². The van der Waals surface area contributed by atoms with Gasteiger partial charge in [-0.1, -0.05) is 12.1 Å². The lowest BCUT2D eigenvalue weighted by atomic mass is 9.93. The Hall–Kier alpha value is -2.50. The number of carbonyl (C=O) groups is 4. The van der Waals surface area contributed by atoms with Crippen LogP contribution in [0.15, 0.2) is 24.3 Å². The highest BCUT2D eigenvalue weighted by Crippen LogP contribution is 2.32. The summed E-state index contributed by atoms with van der Waals surface area (Å²) in [4.78, 5) is 48.5. The Balaban J connectivity index is 2.48. The van der Waals surface area contributed by atoms with Gasteiger partial charge in [0.05, 0.1) is 18.2 Å². The summed E-state index contributed by atoms with van der Waals surface area (Å²) in [7, 11) is 1.18. The molecule has 1 heterocycles. The molecule has 0 aromatic heterocycles. The van der Waals surface area contributed by atoms with Crippen LogP contribution in [-0.2, 0) is 14.3 Å². The van der Waals surface area contributed by atoms with Gasteiger partial charge in [-0.05, 0) is 25.5 Å². The number of fused-ring (bicyclic) bond motifs is 1. The molecule has 110 valence electrons. The molecule has 2 amide bonds. The Morgan fingerprint density at radius 3 is 2.19 bits per heavy atom. The minimum absolute atomic E-state index is 0.0225. The van der Waals surface area contributed by atoms with E-state index in [9.17, 15) is 19.2 Å². The Bertz CT molecular complexity index is 589. The standard InChI is InChI=1S/C15H15NO5/c1-15(8-5-9-17,14(20)21-2)16-12(18)10-6-3-4-7-11(10)13(16)19/h3-4,6-7,9H,5,8H2,1-2H3. The minimum Gasteiger partial charge on any atom is -0.467 e. The topological polar surface area (TPSA) is 80.8 Å². The number of hydrogen-bond donors (Lipinski definition) is 0. The second-order valence-electron chi connectivity index (χ2n) is 4.96. The number of ether oxygens (including phenoxy) is 1. The highest BCUT2D eigenvalue weighted by Gasteiger charge is 2.51. The number of benzene rings is 1. The van der Waals surface area contributed by atoms with E-state index >= 15 is 0 Å². The summed E-state index contributed by atoms with van der Waals surface area (Å²) in [6.45, 7) is 1.43. The summed E-state index contributed by atoms with van der Waals surface area (Å²) in [5, 5.41) is 0. The molecule has 21 heavy (non-hydrogen) atoms. The fraction of sp³-hybridized carbons (Fsp3) is 0.333. The van der Waals surface area contributed by atoms with Gasteiger partial charge in [0.15, 0.2) is 0 Å². The first-order valence-corrected chi connectivity index (χ1v) is 6.47. The van der Waals surface area contributed by atoms with E-state index in [0.717, 1.165) is 4.90 Å². The maximum absolute atomic E-state index is 12.4. The third kappa shape index (κ3) is 2.22. The SMILES string of the molecule is COC(=O)C(C)(CCC=O)N1C(=O)c2ccccc2C1=O. The number of carbonyl (C=O) groups excluding carboxylic acids is 4. The quantitative estimate of drug-likeness (QED) is 0.462. The summed E-state index contributed by atoms with van der Waals surface area (Å²) in [5.41, 5.74) is -0.990. The maximum atomic E-state index is 12.4. The van der Waals surface area contributed by atoms with Crippen molar-refractivity contribution < 1.29 is 23.9 Å². The molecule has 0 radical (unpaired) electrons. The molecule has 6 heteroatoms. The van der Waals surface area contributed by atoms with Gasteiger partial charge in [-0.15, -0.1) is 0 Å². The maximum Gasteiger partial charge on any atom is 0.332 e. The molecule has 1 atom stereocenters.